The van der Waals surface area contributed by atoms with E-state index in [4.69, 9.17) is 26.8 Å². The smallest absolute Gasteiger partial charge is 0.247 e. The summed E-state index contributed by atoms with van der Waals surface area (Å²) >= 11 is 6.00. The summed E-state index contributed by atoms with van der Waals surface area (Å²) in [6, 6.07) is 10.5. The molecule has 0 saturated carbocycles. The third kappa shape index (κ3) is 4.58. The summed E-state index contributed by atoms with van der Waals surface area (Å²) in [6.45, 7) is 0.556. The molecule has 9 nitrogen and oxygen atoms in total. The van der Waals surface area contributed by atoms with Gasteiger partial charge in [-0.2, -0.15) is 0 Å². The van der Waals surface area contributed by atoms with Crippen LogP contribution in [0.2, 0.25) is 5.02 Å². The van der Waals surface area contributed by atoms with Crippen LogP contribution in [0.1, 0.15) is 42.3 Å². The largest absolute Gasteiger partial charge is 0.497 e. The van der Waals surface area contributed by atoms with Crippen LogP contribution < -0.4 is 15.2 Å². The average molecular weight is 563 g/mol. The lowest BCUT2D eigenvalue weighted by atomic mass is 9.92. The molecule has 4 heterocycles. The number of hydrogen-bond donors (Lipinski definition) is 2. The molecule has 0 bridgehead atoms. The number of rotatable bonds is 7. The fraction of sp³-hybridized carbons (Fsp3) is 0.276. The fourth-order valence-corrected chi connectivity index (χ4v) is 5.83. The first-order valence-electron chi connectivity index (χ1n) is 12.9. The van der Waals surface area contributed by atoms with Gasteiger partial charge in [-0.15, -0.1) is 5.10 Å². The Hall–Kier alpha value is -4.31. The predicted molar refractivity (Wildman–Crippen MR) is 149 cm³/mol. The van der Waals surface area contributed by atoms with Gasteiger partial charge in [0.1, 0.15) is 11.6 Å². The van der Waals surface area contributed by atoms with Crippen molar-refractivity contribution in [1.29, 1.82) is 0 Å². The number of imidazole rings is 1. The summed E-state index contributed by atoms with van der Waals surface area (Å²) in [7, 11) is 3.21. The lowest BCUT2D eigenvalue weighted by Crippen LogP contribution is -2.39. The molecular weight excluding hydrogens is 535 g/mol. The molecule has 2 atom stereocenters. The van der Waals surface area contributed by atoms with Crippen molar-refractivity contribution >= 4 is 28.8 Å². The van der Waals surface area contributed by atoms with Crippen LogP contribution in [0.15, 0.2) is 54.9 Å². The zero-order chi connectivity index (χ0) is 28.0. The monoisotopic (exact) mass is 562 g/mol. The molecular formula is C29H28ClFN6O3. The van der Waals surface area contributed by atoms with Crippen LogP contribution in [-0.2, 0) is 11.3 Å². The summed E-state index contributed by atoms with van der Waals surface area (Å²) in [5.74, 6) is 1.15. The molecule has 2 aliphatic heterocycles. The summed E-state index contributed by atoms with van der Waals surface area (Å²) < 4.78 is 27.4. The fourth-order valence-electron chi connectivity index (χ4n) is 5.67. The third-order valence-corrected chi connectivity index (χ3v) is 7.88. The highest BCUT2D eigenvalue weighted by Crippen LogP contribution is 2.44. The number of nitrogen functional groups attached to an aromatic ring is 1. The quantitative estimate of drug-likeness (QED) is 0.298. The van der Waals surface area contributed by atoms with Gasteiger partial charge >= 0.3 is 0 Å². The number of hydrogen-bond acceptors (Lipinski definition) is 6. The Kier molecular flexibility index (Phi) is 6.71. The number of aromatic amines is 1. The molecule has 1 saturated heterocycles. The number of halogens is 2. The standard InChI is InChI=1S/C29H28ClFN6O3/c1-39-19-6-3-16(4-7-19)14-36-15-20(29(35-36)40-2)23-13-33-28(34-23)24-10-5-18-11-17(12-25(38)37(18)24)26-22(32)9-8-21(30)27(26)31/h3-4,6-9,12-13,15,18,24H,5,10-11,14,32H2,1-2H3,(H,33,34)/t18?,24-/m0/s1. The first kappa shape index (κ1) is 25.9. The van der Waals surface area contributed by atoms with E-state index in [0.29, 0.717) is 30.2 Å². The molecule has 2 aliphatic rings. The van der Waals surface area contributed by atoms with Crippen molar-refractivity contribution in [1.82, 2.24) is 24.6 Å². The second-order valence-electron chi connectivity index (χ2n) is 9.97. The number of methoxy groups -OCH3 is 2. The Morgan fingerprint density at radius 1 is 1.15 bits per heavy atom. The number of carbonyl (C=O) groups is 1. The van der Waals surface area contributed by atoms with E-state index in [2.05, 4.69) is 15.1 Å². The van der Waals surface area contributed by atoms with Crippen LogP contribution in [0.4, 0.5) is 10.1 Å². The van der Waals surface area contributed by atoms with Crippen LogP contribution in [0.25, 0.3) is 16.8 Å². The Morgan fingerprint density at radius 2 is 1.95 bits per heavy atom. The highest BCUT2D eigenvalue weighted by molar-refractivity contribution is 6.31. The van der Waals surface area contributed by atoms with Crippen molar-refractivity contribution in [2.75, 3.05) is 20.0 Å². The number of nitrogens with one attached hydrogen (secondary N) is 1. The van der Waals surface area contributed by atoms with Gasteiger partial charge in [-0.1, -0.05) is 23.7 Å². The molecule has 0 radical (unpaired) electrons. The maximum absolute atomic E-state index is 14.8. The van der Waals surface area contributed by atoms with E-state index in [-0.39, 0.29) is 34.3 Å². The Morgan fingerprint density at radius 3 is 2.70 bits per heavy atom. The number of aromatic nitrogens is 4. The number of nitrogens with two attached hydrogens (primary N) is 1. The third-order valence-electron chi connectivity index (χ3n) is 7.58. The summed E-state index contributed by atoms with van der Waals surface area (Å²) in [5.41, 5.74) is 9.68. The van der Waals surface area contributed by atoms with Crippen molar-refractivity contribution in [3.63, 3.8) is 0 Å². The zero-order valence-corrected chi connectivity index (χ0v) is 22.8. The van der Waals surface area contributed by atoms with Gasteiger partial charge in [0.05, 0.1) is 49.3 Å². The van der Waals surface area contributed by atoms with Crippen LogP contribution >= 0.6 is 11.6 Å². The number of H-pyrrole nitrogens is 1. The van der Waals surface area contributed by atoms with Crippen LogP contribution in [-0.4, -0.2) is 50.8 Å². The molecule has 206 valence electrons. The van der Waals surface area contributed by atoms with Gasteiger partial charge in [-0.3, -0.25) is 9.48 Å². The maximum atomic E-state index is 14.8. The number of nitrogens with zero attached hydrogens (tertiary/aromatic N) is 4. The van der Waals surface area contributed by atoms with E-state index in [1.165, 1.54) is 12.1 Å². The van der Waals surface area contributed by atoms with Gasteiger partial charge in [-0.05, 0) is 54.7 Å². The molecule has 2 aromatic heterocycles. The minimum absolute atomic E-state index is 0.0184. The van der Waals surface area contributed by atoms with Gasteiger partial charge in [0.2, 0.25) is 11.8 Å². The molecule has 40 heavy (non-hydrogen) atoms. The second kappa shape index (κ2) is 10.3. The summed E-state index contributed by atoms with van der Waals surface area (Å²) in [4.78, 5) is 23.2. The molecule has 1 amide bonds. The molecule has 1 fully saturated rings. The first-order chi connectivity index (χ1) is 19.4. The Bertz CT molecular complexity index is 1610. The van der Waals surface area contributed by atoms with E-state index in [1.54, 1.807) is 26.5 Å². The molecule has 2 aromatic carbocycles. The van der Waals surface area contributed by atoms with E-state index in [0.717, 1.165) is 35.4 Å². The van der Waals surface area contributed by atoms with Crippen molar-refractivity contribution in [2.24, 2.45) is 0 Å². The SMILES string of the molecule is COc1ccc(Cn2cc(-c3cnc([C@@H]4CCC5CC(c6c(N)ccc(Cl)c6F)=CC(=O)N54)[nH]3)c(OC)n2)cc1. The van der Waals surface area contributed by atoms with E-state index in [1.807, 2.05) is 40.0 Å². The van der Waals surface area contributed by atoms with E-state index >= 15 is 0 Å². The maximum Gasteiger partial charge on any atom is 0.247 e. The molecule has 4 aromatic rings. The minimum atomic E-state index is -0.596. The van der Waals surface area contributed by atoms with Crippen molar-refractivity contribution in [3.05, 3.63) is 82.7 Å². The number of fused-ring (bicyclic) bond motifs is 1. The topological polar surface area (TPSA) is 111 Å². The van der Waals surface area contributed by atoms with Gasteiger partial charge < -0.3 is 25.1 Å². The first-order valence-corrected chi connectivity index (χ1v) is 13.3. The molecule has 3 N–H and O–H groups in total. The lowest BCUT2D eigenvalue weighted by molar-refractivity contribution is -0.129. The molecule has 1 unspecified atom stereocenters. The van der Waals surface area contributed by atoms with Gasteiger partial charge in [0.25, 0.3) is 0 Å². The number of amides is 1. The predicted octanol–water partition coefficient (Wildman–Crippen LogP) is 5.23. The van der Waals surface area contributed by atoms with Crippen LogP contribution in [0, 0.1) is 5.82 Å². The second-order valence-corrected chi connectivity index (χ2v) is 10.4. The highest BCUT2D eigenvalue weighted by Gasteiger charge is 2.42. The Balaban J connectivity index is 1.24. The molecule has 0 spiro atoms. The lowest BCUT2D eigenvalue weighted by Gasteiger charge is -2.33. The summed E-state index contributed by atoms with van der Waals surface area (Å²) in [5, 5.41) is 4.56. The van der Waals surface area contributed by atoms with Crippen molar-refractivity contribution in [2.45, 2.75) is 37.9 Å². The van der Waals surface area contributed by atoms with Crippen LogP contribution in [0.3, 0.4) is 0 Å². The van der Waals surface area contributed by atoms with Crippen molar-refractivity contribution < 1.29 is 18.7 Å². The van der Waals surface area contributed by atoms with Crippen LogP contribution in [0.5, 0.6) is 11.6 Å². The average Bonchev–Trinajstić information content (AvgIpc) is 3.69. The molecule has 0 aliphatic carbocycles. The number of benzene rings is 2. The minimum Gasteiger partial charge on any atom is -0.497 e. The highest BCUT2D eigenvalue weighted by atomic mass is 35.5. The van der Waals surface area contributed by atoms with Gasteiger partial charge in [0.15, 0.2) is 5.82 Å². The van der Waals surface area contributed by atoms with E-state index < -0.39 is 5.82 Å². The molecule has 6 rings (SSSR count). The molecule has 11 heteroatoms. The summed E-state index contributed by atoms with van der Waals surface area (Å²) in [6.07, 6.45) is 7.08. The van der Waals surface area contributed by atoms with Crippen molar-refractivity contribution in [3.8, 4) is 22.9 Å². The van der Waals surface area contributed by atoms with Gasteiger partial charge in [0, 0.05) is 29.6 Å². The number of anilines is 1. The zero-order valence-electron chi connectivity index (χ0n) is 22.0. The Labute approximate surface area is 235 Å². The normalized spacial score (nSPS) is 18.6. The van der Waals surface area contributed by atoms with Gasteiger partial charge in [-0.25, -0.2) is 9.37 Å². The van der Waals surface area contributed by atoms with E-state index in [9.17, 15) is 9.18 Å². The number of carbonyl (C=O) groups excluding carboxylic acids is 1. The number of ether oxygens (including phenoxy) is 2.